The fourth-order valence-electron chi connectivity index (χ4n) is 5.30. The number of anilines is 1. The molecule has 5 rings (SSSR count). The molecule has 2 aromatic heterocycles. The van der Waals surface area contributed by atoms with Gasteiger partial charge in [0, 0.05) is 21.4 Å². The predicted molar refractivity (Wildman–Crippen MR) is 180 cm³/mol. The van der Waals surface area contributed by atoms with E-state index in [0.717, 1.165) is 45.5 Å². The van der Waals surface area contributed by atoms with Gasteiger partial charge in [-0.25, -0.2) is 9.78 Å². The third kappa shape index (κ3) is 6.84. The van der Waals surface area contributed by atoms with E-state index in [9.17, 15) is 9.59 Å². The first-order valence-electron chi connectivity index (χ1n) is 15.1. The van der Waals surface area contributed by atoms with Gasteiger partial charge < -0.3 is 14.8 Å². The molecule has 3 aromatic carbocycles. The Morgan fingerprint density at radius 2 is 1.70 bits per heavy atom. The lowest BCUT2D eigenvalue weighted by atomic mass is 9.97. The van der Waals surface area contributed by atoms with Crippen LogP contribution in [0.25, 0.3) is 33.3 Å². The van der Waals surface area contributed by atoms with Gasteiger partial charge in [-0.3, -0.25) is 4.79 Å². The van der Waals surface area contributed by atoms with E-state index in [1.54, 1.807) is 13.0 Å². The van der Waals surface area contributed by atoms with E-state index < -0.39 is 5.97 Å². The molecular weight excluding hydrogens is 568 g/mol. The largest absolute Gasteiger partial charge is 0.494 e. The first-order valence-corrected chi connectivity index (χ1v) is 15.9. The summed E-state index contributed by atoms with van der Waals surface area (Å²) in [7, 11) is 0. The number of hydrogen-bond donors (Lipinski definition) is 1. The van der Waals surface area contributed by atoms with E-state index in [4.69, 9.17) is 14.5 Å². The standard InChI is InChI=1S/C37H38N2O4S/c1-6-19-43-28-12-10-11-27(21-28)32-22-30(29-13-8-9-14-31(29)38-32)35(40)39-36-34(37(41)42-7-2)33(24(5)44-36)26-17-15-25(16-18-26)20-23(3)4/h8-18,21-23H,6-7,19-20H2,1-5H3,(H,39,40). The van der Waals surface area contributed by atoms with Crippen LogP contribution >= 0.6 is 11.3 Å². The molecule has 5 aromatic rings. The van der Waals surface area contributed by atoms with Gasteiger partial charge in [-0.15, -0.1) is 11.3 Å². The Bertz CT molecular complexity index is 1790. The minimum Gasteiger partial charge on any atom is -0.494 e. The van der Waals surface area contributed by atoms with Crippen LogP contribution in [0.2, 0.25) is 0 Å². The van der Waals surface area contributed by atoms with Crippen molar-refractivity contribution in [2.45, 2.75) is 47.5 Å². The highest BCUT2D eigenvalue weighted by Crippen LogP contribution is 2.41. The van der Waals surface area contributed by atoms with Crippen molar-refractivity contribution in [3.63, 3.8) is 0 Å². The summed E-state index contributed by atoms with van der Waals surface area (Å²) >= 11 is 1.38. The van der Waals surface area contributed by atoms with E-state index in [-0.39, 0.29) is 12.5 Å². The molecule has 0 bridgehead atoms. The van der Waals surface area contributed by atoms with Crippen molar-refractivity contribution in [1.82, 2.24) is 4.98 Å². The third-order valence-corrected chi connectivity index (χ3v) is 8.26. The summed E-state index contributed by atoms with van der Waals surface area (Å²) in [5.41, 5.74) is 5.98. The van der Waals surface area contributed by atoms with Crippen molar-refractivity contribution >= 4 is 39.1 Å². The highest BCUT2D eigenvalue weighted by Gasteiger charge is 2.26. The Hall–Kier alpha value is -4.49. The van der Waals surface area contributed by atoms with Crippen LogP contribution in [-0.4, -0.2) is 30.1 Å². The molecule has 0 radical (unpaired) electrons. The molecule has 7 heteroatoms. The molecule has 0 atom stereocenters. The Balaban J connectivity index is 1.55. The van der Waals surface area contributed by atoms with Gasteiger partial charge in [0.15, 0.2) is 0 Å². The van der Waals surface area contributed by atoms with E-state index >= 15 is 0 Å². The normalized spacial score (nSPS) is 11.1. The number of thiophene rings is 1. The molecule has 226 valence electrons. The third-order valence-electron chi connectivity index (χ3n) is 7.24. The number of amides is 1. The Labute approximate surface area is 263 Å². The van der Waals surface area contributed by atoms with Crippen LogP contribution in [0, 0.1) is 12.8 Å². The molecule has 0 spiro atoms. The fourth-order valence-corrected chi connectivity index (χ4v) is 6.36. The van der Waals surface area contributed by atoms with Crippen molar-refractivity contribution in [1.29, 1.82) is 0 Å². The first kappa shape index (κ1) is 31.0. The number of benzene rings is 3. The number of hydrogen-bond acceptors (Lipinski definition) is 6. The van der Waals surface area contributed by atoms with Crippen molar-refractivity contribution in [3.05, 3.63) is 100 Å². The van der Waals surface area contributed by atoms with Gasteiger partial charge in [-0.05, 0) is 68.0 Å². The molecule has 0 saturated heterocycles. The lowest BCUT2D eigenvalue weighted by Crippen LogP contribution is -2.15. The summed E-state index contributed by atoms with van der Waals surface area (Å²) in [4.78, 5) is 33.2. The molecule has 0 saturated carbocycles. The summed E-state index contributed by atoms with van der Waals surface area (Å²) in [5, 5.41) is 4.25. The van der Waals surface area contributed by atoms with Gasteiger partial charge >= 0.3 is 5.97 Å². The lowest BCUT2D eigenvalue weighted by molar-refractivity contribution is 0.0529. The molecule has 0 aliphatic carbocycles. The second-order valence-corrected chi connectivity index (χ2v) is 12.4. The maximum atomic E-state index is 14.0. The molecule has 1 amide bonds. The van der Waals surface area contributed by atoms with Gasteiger partial charge in [-0.1, -0.05) is 75.4 Å². The summed E-state index contributed by atoms with van der Waals surface area (Å²) < 4.78 is 11.3. The zero-order chi connectivity index (χ0) is 31.2. The molecule has 0 aliphatic rings. The highest BCUT2D eigenvalue weighted by atomic mass is 32.1. The molecule has 0 fully saturated rings. The summed E-state index contributed by atoms with van der Waals surface area (Å²) in [6, 6.07) is 25.4. The summed E-state index contributed by atoms with van der Waals surface area (Å²) in [6.45, 7) is 11.0. The summed E-state index contributed by atoms with van der Waals surface area (Å²) in [6.07, 6.45) is 1.89. The molecule has 0 aliphatic heterocycles. The molecule has 1 N–H and O–H groups in total. The monoisotopic (exact) mass is 606 g/mol. The van der Waals surface area contributed by atoms with Crippen LogP contribution in [-0.2, 0) is 11.2 Å². The average molecular weight is 607 g/mol. The zero-order valence-electron chi connectivity index (χ0n) is 25.9. The number of aromatic nitrogens is 1. The zero-order valence-corrected chi connectivity index (χ0v) is 26.7. The molecule has 6 nitrogen and oxygen atoms in total. The molecular formula is C37H38N2O4S. The van der Waals surface area contributed by atoms with Crippen molar-refractivity contribution in [2.24, 2.45) is 5.92 Å². The number of nitrogens with one attached hydrogen (secondary N) is 1. The SMILES string of the molecule is CCCOc1cccc(-c2cc(C(=O)Nc3sc(C)c(-c4ccc(CC(C)C)cc4)c3C(=O)OCC)c3ccccc3n2)c1. The van der Waals surface area contributed by atoms with Gasteiger partial charge in [0.05, 0.1) is 30.0 Å². The second-order valence-electron chi connectivity index (χ2n) is 11.2. The number of pyridine rings is 1. The molecule has 44 heavy (non-hydrogen) atoms. The number of para-hydroxylation sites is 1. The Kier molecular flexibility index (Phi) is 9.75. The van der Waals surface area contributed by atoms with E-state index in [1.165, 1.54) is 16.9 Å². The topological polar surface area (TPSA) is 77.5 Å². The van der Waals surface area contributed by atoms with Crippen molar-refractivity contribution < 1.29 is 19.1 Å². The van der Waals surface area contributed by atoms with E-state index in [2.05, 4.69) is 38.2 Å². The maximum absolute atomic E-state index is 14.0. The summed E-state index contributed by atoms with van der Waals surface area (Å²) in [5.74, 6) is 0.512. The molecule has 2 heterocycles. The van der Waals surface area contributed by atoms with E-state index in [0.29, 0.717) is 39.9 Å². The maximum Gasteiger partial charge on any atom is 0.341 e. The number of nitrogens with zero attached hydrogens (tertiary/aromatic N) is 1. The Morgan fingerprint density at radius 1 is 0.932 bits per heavy atom. The van der Waals surface area contributed by atoms with Crippen LogP contribution in [0.5, 0.6) is 5.75 Å². The van der Waals surface area contributed by atoms with Gasteiger partial charge in [-0.2, -0.15) is 0 Å². The first-order chi connectivity index (χ1) is 21.3. The van der Waals surface area contributed by atoms with Crippen molar-refractivity contribution in [2.75, 3.05) is 18.5 Å². The van der Waals surface area contributed by atoms with Crippen LogP contribution in [0.4, 0.5) is 5.00 Å². The minimum absolute atomic E-state index is 0.229. The number of esters is 1. The average Bonchev–Trinajstić information content (AvgIpc) is 3.34. The van der Waals surface area contributed by atoms with Crippen molar-refractivity contribution in [3.8, 4) is 28.1 Å². The van der Waals surface area contributed by atoms with Gasteiger partial charge in [0.25, 0.3) is 5.91 Å². The number of fused-ring (bicyclic) bond motifs is 1. The predicted octanol–water partition coefficient (Wildman–Crippen LogP) is 9.36. The number of carbonyl (C=O) groups is 2. The van der Waals surface area contributed by atoms with Crippen LogP contribution in [0.15, 0.2) is 78.9 Å². The van der Waals surface area contributed by atoms with Crippen LogP contribution in [0.3, 0.4) is 0 Å². The Morgan fingerprint density at radius 3 is 2.43 bits per heavy atom. The van der Waals surface area contributed by atoms with Crippen LogP contribution < -0.4 is 10.1 Å². The number of rotatable bonds is 11. The lowest BCUT2D eigenvalue weighted by Gasteiger charge is -2.13. The minimum atomic E-state index is -0.461. The number of carbonyl (C=O) groups excluding carboxylic acids is 2. The van der Waals surface area contributed by atoms with Crippen LogP contribution in [0.1, 0.15) is 65.3 Å². The number of ether oxygens (including phenoxy) is 2. The number of aryl methyl sites for hydroxylation is 1. The second kappa shape index (κ2) is 13.9. The van der Waals surface area contributed by atoms with Gasteiger partial charge in [0.1, 0.15) is 16.3 Å². The molecule has 0 unspecified atom stereocenters. The fraction of sp³-hybridized carbons (Fsp3) is 0.270. The highest BCUT2D eigenvalue weighted by molar-refractivity contribution is 7.17. The van der Waals surface area contributed by atoms with E-state index in [1.807, 2.05) is 67.6 Å². The van der Waals surface area contributed by atoms with Gasteiger partial charge in [0.2, 0.25) is 0 Å². The smallest absolute Gasteiger partial charge is 0.341 e. The quantitative estimate of drug-likeness (QED) is 0.152.